The average Bonchev–Trinajstić information content (AvgIpc) is 3.60. The molecule has 7 aromatic rings. The zero-order chi connectivity index (χ0) is 32.8. The van der Waals surface area contributed by atoms with E-state index in [-0.39, 0.29) is 26.3 Å². The molecule has 0 amide bonds. The second-order valence-electron chi connectivity index (χ2n) is 12.7. The zero-order valence-corrected chi connectivity index (χ0v) is 30.1. The number of aromatic nitrogens is 4. The van der Waals surface area contributed by atoms with Crippen molar-refractivity contribution in [3.8, 4) is 34.1 Å². The number of pyridine rings is 1. The van der Waals surface area contributed by atoms with Gasteiger partial charge in [-0.3, -0.25) is 4.68 Å². The Labute approximate surface area is 297 Å². The molecule has 0 unspecified atom stereocenters. The van der Waals surface area contributed by atoms with Crippen LogP contribution >= 0.6 is 0 Å². The van der Waals surface area contributed by atoms with Crippen LogP contribution < -0.4 is 4.74 Å². The van der Waals surface area contributed by atoms with E-state index in [9.17, 15) is 0 Å². The van der Waals surface area contributed by atoms with E-state index < -0.39 is 0 Å². The van der Waals surface area contributed by atoms with E-state index >= 15 is 0 Å². The van der Waals surface area contributed by atoms with Crippen LogP contribution in [0, 0.1) is 32.9 Å². The first-order valence-electron chi connectivity index (χ1n) is 16.6. The standard InChI is InChI=1S/C42H40N4O.Pd/c1-8-36-42(41-28(6)13-12-14-29(41)7)37(9-2)46(44-36)31-22-30(26(3)4)23-33(24-31)47-32-17-18-35-34-15-10-11-16-38(34)45(39(35)25-32)40-21-27(5)19-20-43-40;/h10-23,26H,8-9H2,1-7H3;/q-2;+2. The molecule has 0 N–H and O–H groups in total. The molecule has 0 atom stereocenters. The largest absolute Gasteiger partial charge is 2.00 e. The first-order valence-corrected chi connectivity index (χ1v) is 16.6. The van der Waals surface area contributed by atoms with Gasteiger partial charge in [-0.2, -0.15) is 11.2 Å². The molecule has 0 spiro atoms. The third kappa shape index (κ3) is 5.89. The van der Waals surface area contributed by atoms with Crippen molar-refractivity contribution >= 4 is 21.8 Å². The minimum absolute atomic E-state index is 0. The van der Waals surface area contributed by atoms with Gasteiger partial charge in [0.15, 0.2) is 0 Å². The minimum Gasteiger partial charge on any atom is -0.509 e. The maximum Gasteiger partial charge on any atom is 2.00 e. The Balaban J connectivity index is 0.00000401. The van der Waals surface area contributed by atoms with Crippen LogP contribution in [0.3, 0.4) is 0 Å². The molecular weight excluding hydrogens is 683 g/mol. The van der Waals surface area contributed by atoms with Crippen LogP contribution in [0.2, 0.25) is 0 Å². The smallest absolute Gasteiger partial charge is 0.509 e. The Kier molecular flexibility index (Phi) is 9.43. The average molecular weight is 723 g/mol. The van der Waals surface area contributed by atoms with Crippen molar-refractivity contribution in [3.05, 3.63) is 131 Å². The molecule has 0 radical (unpaired) electrons. The topological polar surface area (TPSA) is 44.9 Å². The van der Waals surface area contributed by atoms with Crippen LogP contribution in [-0.2, 0) is 33.3 Å². The second kappa shape index (κ2) is 13.6. The monoisotopic (exact) mass is 722 g/mol. The van der Waals surface area contributed by atoms with E-state index in [4.69, 9.17) is 14.8 Å². The number of nitrogens with zero attached hydrogens (tertiary/aromatic N) is 4. The van der Waals surface area contributed by atoms with Crippen molar-refractivity contribution in [1.29, 1.82) is 0 Å². The number of hydrogen-bond donors (Lipinski definition) is 0. The van der Waals surface area contributed by atoms with Gasteiger partial charge in [-0.25, -0.2) is 4.98 Å². The van der Waals surface area contributed by atoms with E-state index in [0.29, 0.717) is 11.5 Å². The normalized spacial score (nSPS) is 11.4. The van der Waals surface area contributed by atoms with Crippen LogP contribution in [0.15, 0.2) is 85.1 Å². The molecule has 0 bridgehead atoms. The van der Waals surface area contributed by atoms with Gasteiger partial charge in [-0.15, -0.1) is 41.3 Å². The van der Waals surface area contributed by atoms with Crippen LogP contribution in [-0.4, -0.2) is 19.3 Å². The summed E-state index contributed by atoms with van der Waals surface area (Å²) in [6.45, 7) is 15.3. The predicted molar refractivity (Wildman–Crippen MR) is 192 cm³/mol. The van der Waals surface area contributed by atoms with Crippen molar-refractivity contribution in [2.24, 2.45) is 0 Å². The Morgan fingerprint density at radius 2 is 1.54 bits per heavy atom. The molecule has 6 heteroatoms. The summed E-state index contributed by atoms with van der Waals surface area (Å²) in [6.07, 6.45) is 3.54. The Morgan fingerprint density at radius 3 is 2.25 bits per heavy atom. The Hall–Kier alpha value is -4.50. The predicted octanol–water partition coefficient (Wildman–Crippen LogP) is 10.6. The summed E-state index contributed by atoms with van der Waals surface area (Å²) in [5, 5.41) is 7.46. The van der Waals surface area contributed by atoms with Gasteiger partial charge in [0.05, 0.1) is 5.69 Å². The quantitative estimate of drug-likeness (QED) is 0.116. The molecule has 0 fully saturated rings. The zero-order valence-electron chi connectivity index (χ0n) is 28.6. The van der Waals surface area contributed by atoms with Gasteiger partial charge in [-0.05, 0) is 91.1 Å². The molecule has 3 heterocycles. The molecule has 0 aliphatic carbocycles. The summed E-state index contributed by atoms with van der Waals surface area (Å²) in [5.74, 6) is 2.41. The first-order chi connectivity index (χ1) is 22.8. The molecule has 48 heavy (non-hydrogen) atoms. The Morgan fingerprint density at radius 1 is 0.771 bits per heavy atom. The molecule has 0 saturated heterocycles. The fourth-order valence-electron chi connectivity index (χ4n) is 6.76. The van der Waals surface area contributed by atoms with E-state index in [1.165, 1.54) is 27.9 Å². The minimum atomic E-state index is 0. The summed E-state index contributed by atoms with van der Waals surface area (Å²) in [5.41, 5.74) is 12.5. The number of aryl methyl sites for hydroxylation is 4. The molecule has 244 valence electrons. The molecule has 0 aliphatic rings. The van der Waals surface area contributed by atoms with Gasteiger partial charge in [0, 0.05) is 34.5 Å². The van der Waals surface area contributed by atoms with Gasteiger partial charge >= 0.3 is 20.4 Å². The summed E-state index contributed by atoms with van der Waals surface area (Å²) >= 11 is 0. The molecule has 0 saturated carbocycles. The Bertz CT molecular complexity index is 2260. The summed E-state index contributed by atoms with van der Waals surface area (Å²) in [7, 11) is 0. The number of rotatable bonds is 8. The van der Waals surface area contributed by atoms with Crippen LogP contribution in [0.4, 0.5) is 0 Å². The molecule has 0 aliphatic heterocycles. The third-order valence-corrected chi connectivity index (χ3v) is 9.11. The van der Waals surface area contributed by atoms with Gasteiger partial charge in [0.1, 0.15) is 5.82 Å². The maximum absolute atomic E-state index is 6.62. The van der Waals surface area contributed by atoms with E-state index in [2.05, 4.69) is 137 Å². The van der Waals surface area contributed by atoms with Crippen molar-refractivity contribution < 1.29 is 25.2 Å². The van der Waals surface area contributed by atoms with Gasteiger partial charge in [-0.1, -0.05) is 69.6 Å². The number of benzene rings is 4. The molecular formula is C42H40N4OPd. The van der Waals surface area contributed by atoms with Crippen LogP contribution in [0.25, 0.3) is 44.4 Å². The van der Waals surface area contributed by atoms with Gasteiger partial charge < -0.3 is 9.30 Å². The SMILES string of the molecule is CCc1nn(-c2[c-]c(Oc3[c-]c4c(cc3)c3ccccc3n4-c3cc(C)ccn3)cc(C(C)C)c2)c(CC)c1-c1c(C)cccc1C.[Pd+2]. The number of hydrogen-bond acceptors (Lipinski definition) is 3. The molecule has 3 aromatic heterocycles. The number of fused-ring (bicyclic) bond motifs is 3. The molecule has 5 nitrogen and oxygen atoms in total. The van der Waals surface area contributed by atoms with Crippen LogP contribution in [0.5, 0.6) is 11.5 Å². The fourth-order valence-corrected chi connectivity index (χ4v) is 6.76. The number of para-hydroxylation sites is 1. The number of ether oxygens (including phenoxy) is 1. The van der Waals surface area contributed by atoms with Crippen molar-refractivity contribution in [3.63, 3.8) is 0 Å². The molecule has 4 aromatic carbocycles. The van der Waals surface area contributed by atoms with E-state index in [0.717, 1.165) is 63.0 Å². The van der Waals surface area contributed by atoms with E-state index in [1.54, 1.807) is 0 Å². The fraction of sp³-hybridized carbons (Fsp3) is 0.238. The maximum atomic E-state index is 6.62. The summed E-state index contributed by atoms with van der Waals surface area (Å²) < 4.78 is 10.9. The first kappa shape index (κ1) is 33.4. The van der Waals surface area contributed by atoms with Crippen molar-refractivity contribution in [2.75, 3.05) is 0 Å². The summed E-state index contributed by atoms with van der Waals surface area (Å²) in [4.78, 5) is 4.72. The third-order valence-electron chi connectivity index (χ3n) is 9.11. The van der Waals surface area contributed by atoms with Gasteiger partial charge in [0.2, 0.25) is 0 Å². The van der Waals surface area contributed by atoms with Crippen LogP contribution in [0.1, 0.15) is 67.3 Å². The van der Waals surface area contributed by atoms with E-state index in [1.807, 2.05) is 18.3 Å². The van der Waals surface area contributed by atoms with Crippen molar-refractivity contribution in [2.45, 2.75) is 67.2 Å². The summed E-state index contributed by atoms with van der Waals surface area (Å²) in [6, 6.07) is 34.6. The van der Waals surface area contributed by atoms with Crippen molar-refractivity contribution in [1.82, 2.24) is 19.3 Å². The molecule has 7 rings (SSSR count). The van der Waals surface area contributed by atoms with Gasteiger partial charge in [0.25, 0.3) is 0 Å². The second-order valence-corrected chi connectivity index (χ2v) is 12.7.